The number of hydrogen-bond acceptors (Lipinski definition) is 4. The average Bonchev–Trinajstić information content (AvgIpc) is 3.32. The van der Waals surface area contributed by atoms with Crippen LogP contribution in [0.5, 0.6) is 0 Å². The third-order valence-corrected chi connectivity index (χ3v) is 6.45. The predicted molar refractivity (Wildman–Crippen MR) is 93.1 cm³/mol. The smallest absolute Gasteiger partial charge is 0.264 e. The number of carbonyl (C=O) groups is 1. The Balaban J connectivity index is 1.42. The molecule has 0 aliphatic carbocycles. The van der Waals surface area contributed by atoms with Gasteiger partial charge in [-0.25, -0.2) is 0 Å². The summed E-state index contributed by atoms with van der Waals surface area (Å²) in [6.07, 6.45) is 7.58. The molecule has 2 fully saturated rings. The lowest BCUT2D eigenvalue weighted by atomic mass is 9.97. The van der Waals surface area contributed by atoms with Crippen LogP contribution in [0.4, 0.5) is 0 Å². The van der Waals surface area contributed by atoms with E-state index in [1.54, 1.807) is 23.7 Å². The van der Waals surface area contributed by atoms with Crippen molar-refractivity contribution in [2.75, 3.05) is 0 Å². The van der Waals surface area contributed by atoms with Gasteiger partial charge in [-0.1, -0.05) is 18.2 Å². The molecule has 2 bridgehead atoms. The van der Waals surface area contributed by atoms with Crippen molar-refractivity contribution >= 4 is 27.3 Å². The molecule has 2 unspecified atom stereocenters. The van der Waals surface area contributed by atoms with Gasteiger partial charge in [0.05, 0.1) is 23.3 Å². The van der Waals surface area contributed by atoms with Crippen molar-refractivity contribution in [3.63, 3.8) is 0 Å². The van der Waals surface area contributed by atoms with E-state index in [9.17, 15) is 4.79 Å². The summed E-state index contributed by atoms with van der Waals surface area (Å²) in [4.78, 5) is 18.0. The van der Waals surface area contributed by atoms with Gasteiger partial charge in [0.1, 0.15) is 0 Å². The Labute approximate surface area is 143 Å². The highest BCUT2D eigenvalue weighted by molar-refractivity contribution is 7.20. The number of benzene rings is 1. The second kappa shape index (κ2) is 5.41. The van der Waals surface area contributed by atoms with E-state index >= 15 is 0 Å². The molecule has 0 N–H and O–H groups in total. The Morgan fingerprint density at radius 3 is 2.46 bits per heavy atom. The number of nitrogens with zero attached hydrogens (tertiary/aromatic N) is 4. The van der Waals surface area contributed by atoms with E-state index in [1.165, 1.54) is 4.70 Å². The second-order valence-corrected chi connectivity index (χ2v) is 7.80. The van der Waals surface area contributed by atoms with Crippen LogP contribution in [0, 0.1) is 0 Å². The molecule has 6 heteroatoms. The number of thiophene rings is 1. The first-order valence-electron chi connectivity index (χ1n) is 8.46. The summed E-state index contributed by atoms with van der Waals surface area (Å²) in [7, 11) is 0. The minimum atomic E-state index is 0.204. The Morgan fingerprint density at radius 2 is 1.75 bits per heavy atom. The lowest BCUT2D eigenvalue weighted by Gasteiger charge is -2.38. The monoisotopic (exact) mass is 338 g/mol. The zero-order chi connectivity index (χ0) is 16.1. The molecule has 0 saturated carbocycles. The minimum absolute atomic E-state index is 0.204. The van der Waals surface area contributed by atoms with Gasteiger partial charge in [-0.2, -0.15) is 15.0 Å². The Morgan fingerprint density at radius 1 is 1.04 bits per heavy atom. The molecule has 4 heterocycles. The topological polar surface area (TPSA) is 51.0 Å². The second-order valence-electron chi connectivity index (χ2n) is 6.72. The number of hydrogen-bond donors (Lipinski definition) is 0. The molecule has 1 amide bonds. The molecule has 1 aromatic carbocycles. The number of amides is 1. The van der Waals surface area contributed by atoms with Crippen molar-refractivity contribution in [3.8, 4) is 0 Å². The maximum Gasteiger partial charge on any atom is 0.264 e. The molecular weight excluding hydrogens is 320 g/mol. The summed E-state index contributed by atoms with van der Waals surface area (Å²) < 4.78 is 1.18. The first-order chi connectivity index (χ1) is 11.8. The number of rotatable bonds is 2. The summed E-state index contributed by atoms with van der Waals surface area (Å²) in [5.74, 6) is 0.204. The summed E-state index contributed by atoms with van der Waals surface area (Å²) in [6.45, 7) is 0. The number of aromatic nitrogens is 3. The molecule has 0 spiro atoms. The predicted octanol–water partition coefficient (Wildman–Crippen LogP) is 3.50. The summed E-state index contributed by atoms with van der Waals surface area (Å²) >= 11 is 1.61. The van der Waals surface area contributed by atoms with Crippen LogP contribution in [0.1, 0.15) is 41.4 Å². The highest BCUT2D eigenvalue weighted by Gasteiger charge is 2.44. The van der Waals surface area contributed by atoms with Crippen LogP contribution < -0.4 is 0 Å². The van der Waals surface area contributed by atoms with Gasteiger partial charge in [0.25, 0.3) is 5.91 Å². The molecular formula is C18H18N4OS. The summed E-state index contributed by atoms with van der Waals surface area (Å²) in [5, 5.41) is 9.76. The third kappa shape index (κ3) is 2.17. The van der Waals surface area contributed by atoms with Crippen LogP contribution in [0.25, 0.3) is 10.1 Å². The molecule has 122 valence electrons. The average molecular weight is 338 g/mol. The molecule has 5 nitrogen and oxygen atoms in total. The van der Waals surface area contributed by atoms with Gasteiger partial charge >= 0.3 is 0 Å². The van der Waals surface area contributed by atoms with E-state index in [2.05, 4.69) is 27.2 Å². The Hall–Kier alpha value is -2.21. The fourth-order valence-corrected chi connectivity index (χ4v) is 5.30. The fraction of sp³-hybridized carbons (Fsp3) is 0.389. The highest BCUT2D eigenvalue weighted by Crippen LogP contribution is 2.41. The standard InChI is InChI=1S/C18H18N4OS/c23-18(17-9-12-3-1-2-4-16(12)24-17)21-13-5-6-14(21)11-15(10-13)22-19-7-8-20-22/h1-4,7-9,13-15H,5-6,10-11H2. The van der Waals surface area contributed by atoms with Crippen LogP contribution in [-0.2, 0) is 0 Å². The summed E-state index contributed by atoms with van der Waals surface area (Å²) in [5.41, 5.74) is 0. The van der Waals surface area contributed by atoms with E-state index in [0.29, 0.717) is 18.1 Å². The van der Waals surface area contributed by atoms with Gasteiger partial charge in [0.15, 0.2) is 0 Å². The maximum atomic E-state index is 13.1. The number of piperidine rings is 1. The Bertz CT molecular complexity index is 840. The molecule has 2 aliphatic rings. The Kier molecular flexibility index (Phi) is 3.19. The van der Waals surface area contributed by atoms with Gasteiger partial charge in [-0.15, -0.1) is 11.3 Å². The van der Waals surface area contributed by atoms with Crippen LogP contribution in [0.3, 0.4) is 0 Å². The normalized spacial score (nSPS) is 26.2. The maximum absolute atomic E-state index is 13.1. The van der Waals surface area contributed by atoms with Gasteiger partial charge in [0.2, 0.25) is 0 Å². The first-order valence-corrected chi connectivity index (χ1v) is 9.28. The zero-order valence-corrected chi connectivity index (χ0v) is 14.0. The van der Waals surface area contributed by atoms with Crippen molar-refractivity contribution in [1.82, 2.24) is 19.9 Å². The van der Waals surface area contributed by atoms with E-state index in [4.69, 9.17) is 0 Å². The van der Waals surface area contributed by atoms with E-state index < -0.39 is 0 Å². The third-order valence-electron chi connectivity index (χ3n) is 5.34. The minimum Gasteiger partial charge on any atom is -0.332 e. The van der Waals surface area contributed by atoms with Crippen LogP contribution in [0.15, 0.2) is 42.7 Å². The van der Waals surface area contributed by atoms with Crippen LogP contribution in [0.2, 0.25) is 0 Å². The number of fused-ring (bicyclic) bond motifs is 3. The molecule has 2 atom stereocenters. The van der Waals surface area contributed by atoms with Gasteiger partial charge in [-0.3, -0.25) is 4.79 Å². The van der Waals surface area contributed by atoms with E-state index in [0.717, 1.165) is 35.9 Å². The molecule has 3 aromatic rings. The van der Waals surface area contributed by atoms with Crippen LogP contribution in [-0.4, -0.2) is 37.9 Å². The van der Waals surface area contributed by atoms with E-state index in [1.807, 2.05) is 23.0 Å². The van der Waals surface area contributed by atoms with Crippen molar-refractivity contribution in [1.29, 1.82) is 0 Å². The van der Waals surface area contributed by atoms with Gasteiger partial charge < -0.3 is 4.90 Å². The molecule has 24 heavy (non-hydrogen) atoms. The summed E-state index contributed by atoms with van der Waals surface area (Å²) in [6, 6.07) is 11.2. The van der Waals surface area contributed by atoms with Crippen molar-refractivity contribution in [2.45, 2.75) is 43.8 Å². The molecule has 2 aromatic heterocycles. The molecule has 2 aliphatic heterocycles. The largest absolute Gasteiger partial charge is 0.332 e. The van der Waals surface area contributed by atoms with Crippen molar-refractivity contribution < 1.29 is 4.79 Å². The highest BCUT2D eigenvalue weighted by atomic mass is 32.1. The molecule has 5 rings (SSSR count). The lowest BCUT2D eigenvalue weighted by molar-refractivity contribution is 0.0517. The quantitative estimate of drug-likeness (QED) is 0.718. The van der Waals surface area contributed by atoms with Gasteiger partial charge in [-0.05, 0) is 43.2 Å². The lowest BCUT2D eigenvalue weighted by Crippen LogP contribution is -2.47. The fourth-order valence-electron chi connectivity index (χ4n) is 4.30. The van der Waals surface area contributed by atoms with E-state index in [-0.39, 0.29) is 5.91 Å². The van der Waals surface area contributed by atoms with Crippen molar-refractivity contribution in [2.24, 2.45) is 0 Å². The van der Waals surface area contributed by atoms with Crippen LogP contribution >= 0.6 is 11.3 Å². The van der Waals surface area contributed by atoms with Crippen molar-refractivity contribution in [3.05, 3.63) is 47.6 Å². The molecule has 0 radical (unpaired) electrons. The SMILES string of the molecule is O=C(c1cc2ccccc2s1)N1C2CCC1CC(n1nccn1)C2. The zero-order valence-electron chi connectivity index (χ0n) is 13.2. The first kappa shape index (κ1) is 14.2. The number of carbonyl (C=O) groups excluding carboxylic acids is 1. The van der Waals surface area contributed by atoms with Gasteiger partial charge in [0, 0.05) is 16.8 Å². The molecule has 2 saturated heterocycles.